The van der Waals surface area contributed by atoms with E-state index < -0.39 is 0 Å². The van der Waals surface area contributed by atoms with E-state index in [4.69, 9.17) is 15.0 Å². The first-order valence-electron chi connectivity index (χ1n) is 22.2. The summed E-state index contributed by atoms with van der Waals surface area (Å²) >= 11 is 0. The van der Waals surface area contributed by atoms with Gasteiger partial charge in [0, 0.05) is 22.1 Å². The van der Waals surface area contributed by atoms with E-state index in [0.717, 1.165) is 39.7 Å². The molecule has 0 amide bonds. The largest absolute Gasteiger partial charge is 0.208 e. The molecule has 0 radical (unpaired) electrons. The zero-order valence-electron chi connectivity index (χ0n) is 34.6. The van der Waals surface area contributed by atoms with Gasteiger partial charge in [0.15, 0.2) is 17.5 Å². The maximum Gasteiger partial charge on any atom is 0.164 e. The van der Waals surface area contributed by atoms with E-state index in [0.29, 0.717) is 29.3 Å². The smallest absolute Gasteiger partial charge is 0.164 e. The van der Waals surface area contributed by atoms with Crippen molar-refractivity contribution in [2.75, 3.05) is 0 Å². The number of benzene rings is 7. The second-order valence-corrected chi connectivity index (χ2v) is 18.0. The Labute approximate surface area is 358 Å². The van der Waals surface area contributed by atoms with Crippen LogP contribution in [0.5, 0.6) is 0 Å². The summed E-state index contributed by atoms with van der Waals surface area (Å²) in [6.45, 7) is 6.34. The van der Waals surface area contributed by atoms with E-state index in [9.17, 15) is 0 Å². The molecule has 61 heavy (non-hydrogen) atoms. The first-order valence-corrected chi connectivity index (χ1v) is 22.2. The van der Waals surface area contributed by atoms with Crippen molar-refractivity contribution < 1.29 is 0 Å². The standard InChI is InChI=1S/C58H47N3/c1-3-4-6-13-36(2)42-18-11-19-44(33-42)56-59-55(41-15-7-5-8-16-41)60-57(61-56)45-23-22-40-17-12-21-48(51(40)35-45)43-25-27-53-52(34-43)50-26-24-39-14-9-10-20-49(39)54(50)58(53)46-29-37-28-38(31-46)32-47(58)30-37/h3-27,33-35,37-38,46-47H,2,28-32H2,1H3/b4-3-,13-6-. The Morgan fingerprint density at radius 3 is 1.95 bits per heavy atom. The molecule has 5 aliphatic rings. The highest BCUT2D eigenvalue weighted by Gasteiger charge is 2.62. The minimum absolute atomic E-state index is 0.103. The van der Waals surface area contributed by atoms with Gasteiger partial charge < -0.3 is 0 Å². The Balaban J connectivity index is 0.997. The number of hydrogen-bond acceptors (Lipinski definition) is 3. The van der Waals surface area contributed by atoms with Crippen LogP contribution >= 0.6 is 0 Å². The van der Waals surface area contributed by atoms with Crippen LogP contribution in [0.2, 0.25) is 0 Å². The molecular weight excluding hydrogens is 739 g/mol. The molecule has 1 heterocycles. The van der Waals surface area contributed by atoms with Crippen molar-refractivity contribution in [1.82, 2.24) is 15.0 Å². The predicted molar refractivity (Wildman–Crippen MR) is 253 cm³/mol. The maximum atomic E-state index is 5.18. The molecule has 0 N–H and O–H groups in total. The number of fused-ring (bicyclic) bond motifs is 6. The highest BCUT2D eigenvalue weighted by Crippen LogP contribution is 2.70. The van der Waals surface area contributed by atoms with Gasteiger partial charge in [-0.15, -0.1) is 0 Å². The summed E-state index contributed by atoms with van der Waals surface area (Å²) in [6.07, 6.45) is 15.0. The van der Waals surface area contributed by atoms with Crippen molar-refractivity contribution in [3.05, 3.63) is 193 Å². The van der Waals surface area contributed by atoms with Crippen LogP contribution in [0.1, 0.15) is 55.7 Å². The molecule has 4 saturated carbocycles. The summed E-state index contributed by atoms with van der Waals surface area (Å²) in [5.41, 5.74) is 13.5. The molecule has 8 aromatic rings. The number of allylic oxidation sites excluding steroid dienone is 5. The van der Waals surface area contributed by atoms with Crippen LogP contribution in [0.25, 0.3) is 83.5 Å². The summed E-state index contributed by atoms with van der Waals surface area (Å²) in [7, 11) is 0. The van der Waals surface area contributed by atoms with Gasteiger partial charge in [-0.05, 0) is 147 Å². The monoisotopic (exact) mass is 785 g/mol. The SMILES string of the molecule is C=C(/C=C\C=C/C)c1cccc(-c2nc(-c3ccccc3)nc(-c3ccc4cccc(-c5ccc6c(c5)-c5ccc7ccccc7c5C65C6CC7CC(C6)CC5C7)c4c3)n2)c1. The molecule has 0 saturated heterocycles. The van der Waals surface area contributed by atoms with Crippen LogP contribution in [0, 0.1) is 23.7 Å². The zero-order chi connectivity index (χ0) is 40.7. The van der Waals surface area contributed by atoms with Gasteiger partial charge in [0.2, 0.25) is 0 Å². The van der Waals surface area contributed by atoms with Gasteiger partial charge in [-0.2, -0.15) is 0 Å². The highest BCUT2D eigenvalue weighted by molar-refractivity contribution is 6.02. The van der Waals surface area contributed by atoms with Crippen molar-refractivity contribution in [2.45, 2.75) is 44.4 Å². The van der Waals surface area contributed by atoms with E-state index in [2.05, 4.69) is 134 Å². The first-order chi connectivity index (χ1) is 30.0. The van der Waals surface area contributed by atoms with E-state index in [-0.39, 0.29) is 5.41 Å². The summed E-state index contributed by atoms with van der Waals surface area (Å²) in [5.74, 6) is 5.18. The fourth-order valence-electron chi connectivity index (χ4n) is 12.4. The topological polar surface area (TPSA) is 38.7 Å². The summed E-state index contributed by atoms with van der Waals surface area (Å²) in [5, 5.41) is 5.22. The molecule has 13 rings (SSSR count). The third-order valence-electron chi connectivity index (χ3n) is 14.7. The van der Waals surface area contributed by atoms with E-state index >= 15 is 0 Å². The van der Waals surface area contributed by atoms with Crippen LogP contribution in [0.4, 0.5) is 0 Å². The minimum atomic E-state index is 0.103. The lowest BCUT2D eigenvalue weighted by molar-refractivity contribution is -0.0393. The summed E-state index contributed by atoms with van der Waals surface area (Å²) < 4.78 is 0. The molecule has 3 heteroatoms. The lowest BCUT2D eigenvalue weighted by atomic mass is 9.43. The van der Waals surface area contributed by atoms with Crippen LogP contribution in [0.3, 0.4) is 0 Å². The second kappa shape index (κ2) is 14.2. The average molecular weight is 786 g/mol. The number of aromatic nitrogens is 3. The fraction of sp³-hybridized carbons (Fsp3) is 0.190. The van der Waals surface area contributed by atoms with Gasteiger partial charge in [0.05, 0.1) is 0 Å². The zero-order valence-corrected chi connectivity index (χ0v) is 34.6. The van der Waals surface area contributed by atoms with Gasteiger partial charge >= 0.3 is 0 Å². The summed E-state index contributed by atoms with van der Waals surface area (Å²) in [4.78, 5) is 15.4. The van der Waals surface area contributed by atoms with E-state index in [1.165, 1.54) is 75.9 Å². The number of rotatable bonds is 7. The third kappa shape index (κ3) is 5.74. The number of nitrogens with zero attached hydrogens (tertiary/aromatic N) is 3. The molecule has 0 atom stereocenters. The minimum Gasteiger partial charge on any atom is -0.208 e. The van der Waals surface area contributed by atoms with Crippen molar-refractivity contribution in [1.29, 1.82) is 0 Å². The molecule has 5 aliphatic carbocycles. The average Bonchev–Trinajstić information content (AvgIpc) is 3.61. The fourth-order valence-corrected chi connectivity index (χ4v) is 12.4. The molecule has 4 fully saturated rings. The Morgan fingerprint density at radius 1 is 0.525 bits per heavy atom. The normalized spacial score (nSPS) is 22.2. The molecule has 4 bridgehead atoms. The van der Waals surface area contributed by atoms with Crippen molar-refractivity contribution >= 4 is 27.1 Å². The first kappa shape index (κ1) is 36.2. The van der Waals surface area contributed by atoms with Crippen molar-refractivity contribution in [3.63, 3.8) is 0 Å². The van der Waals surface area contributed by atoms with Crippen LogP contribution in [0.15, 0.2) is 176 Å². The van der Waals surface area contributed by atoms with Gasteiger partial charge in [-0.3, -0.25) is 0 Å². The summed E-state index contributed by atoms with van der Waals surface area (Å²) in [6, 6.07) is 53.5. The van der Waals surface area contributed by atoms with Gasteiger partial charge in [0.25, 0.3) is 0 Å². The molecule has 294 valence electrons. The Morgan fingerprint density at radius 2 is 1.16 bits per heavy atom. The van der Waals surface area contributed by atoms with Crippen LogP contribution in [-0.4, -0.2) is 15.0 Å². The Kier molecular flexibility index (Phi) is 8.42. The maximum absolute atomic E-state index is 5.18. The molecule has 3 nitrogen and oxygen atoms in total. The van der Waals surface area contributed by atoms with E-state index in [1.54, 1.807) is 11.1 Å². The molecule has 1 spiro atoms. The predicted octanol–water partition coefficient (Wildman–Crippen LogP) is 14.7. The van der Waals surface area contributed by atoms with Gasteiger partial charge in [-0.1, -0.05) is 158 Å². The Bertz CT molecular complexity index is 3100. The lowest BCUT2D eigenvalue weighted by Gasteiger charge is -2.61. The lowest BCUT2D eigenvalue weighted by Crippen LogP contribution is -2.55. The molecule has 7 aromatic carbocycles. The molecule has 1 aromatic heterocycles. The quantitative estimate of drug-likeness (QED) is 0.151. The van der Waals surface area contributed by atoms with Crippen LogP contribution in [-0.2, 0) is 5.41 Å². The Hall–Kier alpha value is -6.71. The van der Waals surface area contributed by atoms with Crippen molar-refractivity contribution in [2.24, 2.45) is 23.7 Å². The number of hydrogen-bond donors (Lipinski definition) is 0. The second-order valence-electron chi connectivity index (χ2n) is 18.0. The third-order valence-corrected chi connectivity index (χ3v) is 14.7. The van der Waals surface area contributed by atoms with Gasteiger partial charge in [-0.25, -0.2) is 15.0 Å². The molecular formula is C58H47N3. The molecule has 0 aliphatic heterocycles. The van der Waals surface area contributed by atoms with Crippen LogP contribution < -0.4 is 0 Å². The van der Waals surface area contributed by atoms with Gasteiger partial charge in [0.1, 0.15) is 0 Å². The molecule has 0 unspecified atom stereocenters. The van der Waals surface area contributed by atoms with Crippen molar-refractivity contribution in [3.8, 4) is 56.4 Å². The highest BCUT2D eigenvalue weighted by atomic mass is 15.0. The van der Waals surface area contributed by atoms with E-state index in [1.807, 2.05) is 49.4 Å².